The van der Waals surface area contributed by atoms with Crippen LogP contribution < -0.4 is 0 Å². The molecule has 1 aromatic carbocycles. The molecule has 0 saturated carbocycles. The lowest BCUT2D eigenvalue weighted by Gasteiger charge is -2.30. The smallest absolute Gasteiger partial charge is 0.410 e. The van der Waals surface area contributed by atoms with Crippen LogP contribution in [0.3, 0.4) is 0 Å². The largest absolute Gasteiger partial charge is 0.457 e. The highest BCUT2D eigenvalue weighted by molar-refractivity contribution is 5.70. The Balaban J connectivity index is 2.23. The van der Waals surface area contributed by atoms with Gasteiger partial charge in [-0.2, -0.15) is 0 Å². The zero-order chi connectivity index (χ0) is 17.9. The standard InChI is InChI=1S/C18H25NO5/c1-12(20)23-16-14(10-13-8-6-5-7-9-13)19(11-15(16)21)17(22)24-18(2,3)4/h5-9,14-16,21H,10-11H2,1-4H3/t14-,15+,16+/m1/s1. The predicted octanol–water partition coefficient (Wildman–Crippen LogP) is 2.14. The van der Waals surface area contributed by atoms with E-state index in [9.17, 15) is 14.7 Å². The number of aliphatic hydroxyl groups is 1. The highest BCUT2D eigenvalue weighted by atomic mass is 16.6. The van der Waals surface area contributed by atoms with Crippen molar-refractivity contribution >= 4 is 12.1 Å². The second-order valence-electron chi connectivity index (χ2n) is 7.03. The maximum Gasteiger partial charge on any atom is 0.410 e. The van der Waals surface area contributed by atoms with Gasteiger partial charge in [0, 0.05) is 6.92 Å². The molecule has 6 nitrogen and oxygen atoms in total. The number of nitrogens with zero attached hydrogens (tertiary/aromatic N) is 1. The lowest BCUT2D eigenvalue weighted by atomic mass is 10.0. The van der Waals surface area contributed by atoms with E-state index in [-0.39, 0.29) is 6.54 Å². The first-order valence-electron chi connectivity index (χ1n) is 8.06. The SMILES string of the molecule is CC(=O)O[C@H]1[C@@H](Cc2ccccc2)N(C(=O)OC(C)(C)C)C[C@@H]1O. The van der Waals surface area contributed by atoms with Crippen LogP contribution in [-0.4, -0.2) is 52.5 Å². The highest BCUT2D eigenvalue weighted by Gasteiger charge is 2.46. The van der Waals surface area contributed by atoms with Gasteiger partial charge in [0.1, 0.15) is 17.8 Å². The van der Waals surface area contributed by atoms with E-state index < -0.39 is 35.9 Å². The quantitative estimate of drug-likeness (QED) is 0.857. The molecule has 0 aromatic heterocycles. The van der Waals surface area contributed by atoms with Crippen LogP contribution in [0.25, 0.3) is 0 Å². The first-order chi connectivity index (χ1) is 11.2. The fraction of sp³-hybridized carbons (Fsp3) is 0.556. The third-order valence-electron chi connectivity index (χ3n) is 3.76. The summed E-state index contributed by atoms with van der Waals surface area (Å²) in [4.78, 5) is 25.3. The van der Waals surface area contributed by atoms with Crippen molar-refractivity contribution in [2.45, 2.75) is 58.0 Å². The van der Waals surface area contributed by atoms with Crippen LogP contribution in [0.4, 0.5) is 4.79 Å². The van der Waals surface area contributed by atoms with Crippen molar-refractivity contribution in [2.75, 3.05) is 6.54 Å². The Morgan fingerprint density at radius 3 is 2.42 bits per heavy atom. The van der Waals surface area contributed by atoms with Gasteiger partial charge in [0.15, 0.2) is 0 Å². The van der Waals surface area contributed by atoms with Gasteiger partial charge in [0.05, 0.1) is 12.6 Å². The molecule has 1 aromatic rings. The fourth-order valence-corrected chi connectivity index (χ4v) is 2.84. The van der Waals surface area contributed by atoms with E-state index >= 15 is 0 Å². The minimum atomic E-state index is -0.935. The molecule has 0 aliphatic carbocycles. The molecule has 6 heteroatoms. The average molecular weight is 335 g/mol. The van der Waals surface area contributed by atoms with Crippen molar-refractivity contribution in [3.63, 3.8) is 0 Å². The number of hydrogen-bond donors (Lipinski definition) is 1. The number of aliphatic hydroxyl groups excluding tert-OH is 1. The van der Waals surface area contributed by atoms with Crippen molar-refractivity contribution in [3.05, 3.63) is 35.9 Å². The van der Waals surface area contributed by atoms with Crippen LogP contribution >= 0.6 is 0 Å². The van der Waals surface area contributed by atoms with E-state index in [4.69, 9.17) is 9.47 Å². The molecule has 1 saturated heterocycles. The summed E-state index contributed by atoms with van der Waals surface area (Å²) in [5, 5.41) is 10.3. The molecule has 0 bridgehead atoms. The molecule has 1 amide bonds. The Morgan fingerprint density at radius 1 is 1.25 bits per heavy atom. The van der Waals surface area contributed by atoms with E-state index in [2.05, 4.69) is 0 Å². The number of carbonyl (C=O) groups is 2. The minimum Gasteiger partial charge on any atom is -0.457 e. The number of hydrogen-bond acceptors (Lipinski definition) is 5. The molecule has 1 heterocycles. The summed E-state index contributed by atoms with van der Waals surface area (Å²) >= 11 is 0. The number of benzene rings is 1. The molecule has 2 rings (SSSR count). The molecule has 132 valence electrons. The van der Waals surface area contributed by atoms with Gasteiger partial charge >= 0.3 is 12.1 Å². The summed E-state index contributed by atoms with van der Waals surface area (Å²) in [6.07, 6.45) is -1.75. The van der Waals surface area contributed by atoms with Crippen LogP contribution in [0, 0.1) is 0 Å². The molecule has 0 unspecified atom stereocenters. The van der Waals surface area contributed by atoms with Gasteiger partial charge in [0.25, 0.3) is 0 Å². The first-order valence-corrected chi connectivity index (χ1v) is 8.06. The van der Waals surface area contributed by atoms with Crippen molar-refractivity contribution < 1.29 is 24.2 Å². The third kappa shape index (κ3) is 4.71. The summed E-state index contributed by atoms with van der Waals surface area (Å²) in [5.41, 5.74) is 0.348. The number of ether oxygens (including phenoxy) is 2. The second-order valence-corrected chi connectivity index (χ2v) is 7.03. The number of carbonyl (C=O) groups excluding carboxylic acids is 2. The van der Waals surface area contributed by atoms with E-state index in [0.717, 1.165) is 5.56 Å². The number of β-amino-alcohol motifs (C(OH)–C–C–N with tert-alkyl or cyclic N) is 1. The van der Waals surface area contributed by atoms with Crippen LogP contribution in [0.5, 0.6) is 0 Å². The summed E-state index contributed by atoms with van der Waals surface area (Å²) in [6.45, 7) is 6.72. The maximum atomic E-state index is 12.5. The summed E-state index contributed by atoms with van der Waals surface area (Å²) in [5.74, 6) is -0.483. The highest BCUT2D eigenvalue weighted by Crippen LogP contribution is 2.27. The molecule has 24 heavy (non-hydrogen) atoms. The van der Waals surface area contributed by atoms with Crippen LogP contribution in [0.1, 0.15) is 33.3 Å². The zero-order valence-corrected chi connectivity index (χ0v) is 14.6. The molecule has 1 aliphatic heterocycles. The summed E-state index contributed by atoms with van der Waals surface area (Å²) in [7, 11) is 0. The topological polar surface area (TPSA) is 76.1 Å². The Labute approximate surface area is 142 Å². The van der Waals surface area contributed by atoms with Crippen LogP contribution in [0.15, 0.2) is 30.3 Å². The Kier molecular flexibility index (Phi) is 5.49. The van der Waals surface area contributed by atoms with Gasteiger partial charge in [-0.3, -0.25) is 9.69 Å². The lowest BCUT2D eigenvalue weighted by molar-refractivity contribution is -0.151. The molecule has 1 N–H and O–H groups in total. The van der Waals surface area contributed by atoms with E-state index in [1.807, 2.05) is 30.3 Å². The zero-order valence-electron chi connectivity index (χ0n) is 14.6. The predicted molar refractivity (Wildman–Crippen MR) is 88.4 cm³/mol. The Bertz CT molecular complexity index is 581. The second kappa shape index (κ2) is 7.21. The molecule has 1 aliphatic rings. The number of likely N-dealkylation sites (tertiary alicyclic amines) is 1. The van der Waals surface area contributed by atoms with E-state index in [1.54, 1.807) is 20.8 Å². The van der Waals surface area contributed by atoms with Gasteiger partial charge < -0.3 is 14.6 Å². The normalized spacial score (nSPS) is 23.9. The van der Waals surface area contributed by atoms with Crippen LogP contribution in [0.2, 0.25) is 0 Å². The fourth-order valence-electron chi connectivity index (χ4n) is 2.84. The molecule has 1 fully saturated rings. The van der Waals surface area contributed by atoms with Gasteiger partial charge in [-0.15, -0.1) is 0 Å². The van der Waals surface area contributed by atoms with Gasteiger partial charge in [-0.25, -0.2) is 4.79 Å². The number of amides is 1. The minimum absolute atomic E-state index is 0.0738. The maximum absolute atomic E-state index is 12.5. The van der Waals surface area contributed by atoms with Crippen molar-refractivity contribution in [1.82, 2.24) is 4.90 Å². The Hall–Kier alpha value is -2.08. The number of rotatable bonds is 3. The van der Waals surface area contributed by atoms with Gasteiger partial charge in [0.2, 0.25) is 0 Å². The number of esters is 1. The summed E-state index contributed by atoms with van der Waals surface area (Å²) < 4.78 is 10.7. The molecule has 0 radical (unpaired) electrons. The van der Waals surface area contributed by atoms with E-state index in [0.29, 0.717) is 6.42 Å². The molecule has 3 atom stereocenters. The monoisotopic (exact) mass is 335 g/mol. The molecular formula is C18H25NO5. The van der Waals surface area contributed by atoms with Gasteiger partial charge in [-0.1, -0.05) is 30.3 Å². The average Bonchev–Trinajstić information content (AvgIpc) is 2.75. The van der Waals surface area contributed by atoms with Crippen LogP contribution in [-0.2, 0) is 20.7 Å². The first kappa shape index (κ1) is 18.3. The van der Waals surface area contributed by atoms with E-state index in [1.165, 1.54) is 11.8 Å². The molecular weight excluding hydrogens is 310 g/mol. The summed E-state index contributed by atoms with van der Waals surface area (Å²) in [6, 6.07) is 9.10. The lowest BCUT2D eigenvalue weighted by Crippen LogP contribution is -2.45. The van der Waals surface area contributed by atoms with Crippen molar-refractivity contribution in [3.8, 4) is 0 Å². The molecule has 0 spiro atoms. The third-order valence-corrected chi connectivity index (χ3v) is 3.76. The van der Waals surface area contributed by atoms with Gasteiger partial charge in [-0.05, 0) is 32.8 Å². The van der Waals surface area contributed by atoms with Crippen molar-refractivity contribution in [1.29, 1.82) is 0 Å². The van der Waals surface area contributed by atoms with Crippen molar-refractivity contribution in [2.24, 2.45) is 0 Å². The Morgan fingerprint density at radius 2 is 1.88 bits per heavy atom.